The number of ether oxygens (including phenoxy) is 3. The number of benzene rings is 2. The van der Waals surface area contributed by atoms with Crippen LogP contribution in [0.15, 0.2) is 30.3 Å². The number of hydrogen-bond acceptors (Lipinski definition) is 6. The number of hydrogen-bond donors (Lipinski definition) is 0. The molecule has 0 N–H and O–H groups in total. The van der Waals surface area contributed by atoms with Gasteiger partial charge < -0.3 is 14.2 Å². The Morgan fingerprint density at radius 3 is 2.42 bits per heavy atom. The zero-order chi connectivity index (χ0) is 23.7. The summed E-state index contributed by atoms with van der Waals surface area (Å²) in [6.07, 6.45) is 0.357. The van der Waals surface area contributed by atoms with Gasteiger partial charge in [-0.15, -0.1) is 0 Å². The maximum atomic E-state index is 14.2. The van der Waals surface area contributed by atoms with Crippen molar-refractivity contribution in [1.29, 1.82) is 0 Å². The van der Waals surface area contributed by atoms with Crippen molar-refractivity contribution in [3.8, 4) is 28.5 Å². The van der Waals surface area contributed by atoms with Gasteiger partial charge in [0.1, 0.15) is 22.1 Å². The molecule has 7 nitrogen and oxygen atoms in total. The van der Waals surface area contributed by atoms with Crippen LogP contribution in [0.2, 0.25) is 10.0 Å². The Labute approximate surface area is 200 Å². The lowest BCUT2D eigenvalue weighted by Crippen LogP contribution is -2.56. The topological polar surface area (TPSA) is 79.7 Å². The monoisotopic (exact) mass is 486 g/mol. The van der Waals surface area contributed by atoms with Crippen molar-refractivity contribution < 1.29 is 23.8 Å². The van der Waals surface area contributed by atoms with E-state index in [0.29, 0.717) is 34.0 Å². The molecule has 1 aliphatic heterocycles. The van der Waals surface area contributed by atoms with Gasteiger partial charge in [-0.3, -0.25) is 14.3 Å². The van der Waals surface area contributed by atoms with E-state index in [2.05, 4.69) is 5.10 Å². The summed E-state index contributed by atoms with van der Waals surface area (Å²) in [7, 11) is 4.63. The molecule has 0 amide bonds. The Hall–Kier alpha value is -3.03. The highest BCUT2D eigenvalue weighted by Gasteiger charge is 2.62. The highest BCUT2D eigenvalue weighted by Crippen LogP contribution is 2.54. The molecule has 3 aromatic rings. The third kappa shape index (κ3) is 2.79. The number of carbonyl (C=O) groups is 2. The standard InChI is InChI=1S/C24H20Cl2N2O5/c1-11-9-14-17(20(28(2)27-14)12-7-5-6-8-13(12)25)22(29)24(11)23(30)18-15(31-3)10-16(32-4)19(26)21(18)33-24/h5-8,10-11H,9H2,1-4H3/t11-,24+/m1/s1. The van der Waals surface area contributed by atoms with E-state index in [0.717, 1.165) is 0 Å². The molecule has 0 radical (unpaired) electrons. The van der Waals surface area contributed by atoms with Gasteiger partial charge in [-0.25, -0.2) is 0 Å². The Morgan fingerprint density at radius 1 is 1.09 bits per heavy atom. The van der Waals surface area contributed by atoms with Gasteiger partial charge in [0.05, 0.1) is 31.2 Å². The van der Waals surface area contributed by atoms with Gasteiger partial charge in [-0.05, 0) is 12.5 Å². The fourth-order valence-electron chi connectivity index (χ4n) is 4.84. The molecule has 1 spiro atoms. The lowest BCUT2D eigenvalue weighted by atomic mass is 9.71. The van der Waals surface area contributed by atoms with Gasteiger partial charge in [-0.2, -0.15) is 5.10 Å². The van der Waals surface area contributed by atoms with Gasteiger partial charge in [0.2, 0.25) is 17.2 Å². The second kappa shape index (κ2) is 7.50. The van der Waals surface area contributed by atoms with Crippen LogP contribution in [-0.2, 0) is 13.5 Å². The second-order valence-electron chi connectivity index (χ2n) is 8.17. The molecule has 2 heterocycles. The minimum Gasteiger partial charge on any atom is -0.496 e. The van der Waals surface area contributed by atoms with E-state index in [1.165, 1.54) is 20.3 Å². The van der Waals surface area contributed by atoms with E-state index < -0.39 is 23.1 Å². The first kappa shape index (κ1) is 21.8. The summed E-state index contributed by atoms with van der Waals surface area (Å²) in [5.41, 5.74) is 0.446. The fraction of sp³-hybridized carbons (Fsp3) is 0.292. The number of ketones is 2. The molecule has 1 aromatic heterocycles. The van der Waals surface area contributed by atoms with E-state index in [1.807, 2.05) is 18.2 Å². The van der Waals surface area contributed by atoms with Crippen molar-refractivity contribution in [1.82, 2.24) is 9.78 Å². The summed E-state index contributed by atoms with van der Waals surface area (Å²) in [4.78, 5) is 28.0. The minimum absolute atomic E-state index is 0.0877. The number of fused-ring (bicyclic) bond motifs is 2. The summed E-state index contributed by atoms with van der Waals surface area (Å²) in [6, 6.07) is 8.71. The molecule has 9 heteroatoms. The molecular formula is C24H20Cl2N2O5. The van der Waals surface area contributed by atoms with Gasteiger partial charge >= 0.3 is 0 Å². The molecule has 2 atom stereocenters. The summed E-state index contributed by atoms with van der Waals surface area (Å²) in [5.74, 6) is -0.861. The van der Waals surface area contributed by atoms with Crippen molar-refractivity contribution in [2.24, 2.45) is 13.0 Å². The molecular weight excluding hydrogens is 467 g/mol. The Kier molecular flexibility index (Phi) is 4.95. The minimum atomic E-state index is -1.79. The van der Waals surface area contributed by atoms with Crippen molar-refractivity contribution in [3.63, 3.8) is 0 Å². The zero-order valence-electron chi connectivity index (χ0n) is 18.4. The molecule has 170 valence electrons. The molecule has 0 saturated carbocycles. The van der Waals surface area contributed by atoms with Crippen molar-refractivity contribution in [3.05, 3.63) is 57.2 Å². The van der Waals surface area contributed by atoms with E-state index >= 15 is 0 Å². The average molecular weight is 487 g/mol. The quantitative estimate of drug-likeness (QED) is 0.494. The van der Waals surface area contributed by atoms with E-state index in [9.17, 15) is 9.59 Å². The summed E-state index contributed by atoms with van der Waals surface area (Å²) < 4.78 is 18.6. The van der Waals surface area contributed by atoms with Crippen LogP contribution in [0.3, 0.4) is 0 Å². The van der Waals surface area contributed by atoms with Gasteiger partial charge in [0, 0.05) is 29.6 Å². The number of nitrogens with zero attached hydrogens (tertiary/aromatic N) is 2. The maximum absolute atomic E-state index is 14.2. The summed E-state index contributed by atoms with van der Waals surface area (Å²) >= 11 is 13.0. The van der Waals surface area contributed by atoms with Gasteiger partial charge in [-0.1, -0.05) is 48.3 Å². The van der Waals surface area contributed by atoms with Crippen LogP contribution in [-0.4, -0.2) is 41.2 Å². The van der Waals surface area contributed by atoms with E-state index in [1.54, 1.807) is 24.7 Å². The predicted octanol–water partition coefficient (Wildman–Crippen LogP) is 4.80. The Morgan fingerprint density at radius 2 is 1.76 bits per heavy atom. The van der Waals surface area contributed by atoms with Crippen LogP contribution in [0.1, 0.15) is 33.3 Å². The predicted molar refractivity (Wildman–Crippen MR) is 123 cm³/mol. The van der Waals surface area contributed by atoms with Gasteiger partial charge in [0.15, 0.2) is 5.75 Å². The van der Waals surface area contributed by atoms with Crippen LogP contribution >= 0.6 is 23.2 Å². The number of halogens is 2. The number of rotatable bonds is 3. The molecule has 0 fully saturated rings. The van der Waals surface area contributed by atoms with Crippen LogP contribution in [0.4, 0.5) is 0 Å². The highest BCUT2D eigenvalue weighted by molar-refractivity contribution is 6.37. The largest absolute Gasteiger partial charge is 0.496 e. The number of aryl methyl sites for hydroxylation is 1. The third-order valence-corrected chi connectivity index (χ3v) is 7.11. The van der Waals surface area contributed by atoms with E-state index in [-0.39, 0.29) is 27.8 Å². The molecule has 5 rings (SSSR count). The molecule has 0 unspecified atom stereocenters. The molecule has 1 aliphatic carbocycles. The maximum Gasteiger partial charge on any atom is 0.237 e. The molecule has 0 bridgehead atoms. The molecule has 0 saturated heterocycles. The molecule has 33 heavy (non-hydrogen) atoms. The Balaban J connectivity index is 1.73. The number of aromatic nitrogens is 2. The smallest absolute Gasteiger partial charge is 0.237 e. The van der Waals surface area contributed by atoms with Gasteiger partial charge in [0.25, 0.3) is 0 Å². The first-order valence-corrected chi connectivity index (χ1v) is 11.1. The van der Waals surface area contributed by atoms with Crippen LogP contribution < -0.4 is 14.2 Å². The lowest BCUT2D eigenvalue weighted by Gasteiger charge is -2.35. The second-order valence-corrected chi connectivity index (χ2v) is 8.96. The summed E-state index contributed by atoms with van der Waals surface area (Å²) in [6.45, 7) is 1.80. The van der Waals surface area contributed by atoms with E-state index in [4.69, 9.17) is 37.4 Å². The van der Waals surface area contributed by atoms with Crippen molar-refractivity contribution in [2.75, 3.05) is 14.2 Å². The van der Waals surface area contributed by atoms with Crippen molar-refractivity contribution in [2.45, 2.75) is 18.9 Å². The van der Waals surface area contributed by atoms with Crippen LogP contribution in [0, 0.1) is 5.92 Å². The lowest BCUT2D eigenvalue weighted by molar-refractivity contribution is 0.0259. The molecule has 2 aliphatic rings. The summed E-state index contributed by atoms with van der Waals surface area (Å²) in [5, 5.41) is 5.16. The fourth-order valence-corrected chi connectivity index (χ4v) is 5.33. The number of Topliss-reactive ketones (excluding diaryl/α,β-unsaturated/α-hetero) is 2. The first-order chi connectivity index (χ1) is 15.8. The first-order valence-electron chi connectivity index (χ1n) is 10.3. The Bertz CT molecular complexity index is 1350. The number of methoxy groups -OCH3 is 2. The van der Waals surface area contributed by atoms with Crippen molar-refractivity contribution >= 4 is 34.8 Å². The average Bonchev–Trinajstić information content (AvgIpc) is 3.29. The highest BCUT2D eigenvalue weighted by atomic mass is 35.5. The third-order valence-electron chi connectivity index (χ3n) is 6.43. The SMILES string of the molecule is COc1cc(OC)c2c(c1Cl)O[C@]1(C2=O)C(=O)c2c(nn(C)c2-c2ccccc2Cl)C[C@H]1C. The molecule has 2 aromatic carbocycles. The van der Waals surface area contributed by atoms with Crippen LogP contribution in [0.5, 0.6) is 17.2 Å². The zero-order valence-corrected chi connectivity index (χ0v) is 19.9. The van der Waals surface area contributed by atoms with Crippen LogP contribution in [0.25, 0.3) is 11.3 Å². The number of carbonyl (C=O) groups excluding carboxylic acids is 2. The normalized spacial score (nSPS) is 21.1.